The molecule has 7 nitrogen and oxygen atoms in total. The minimum atomic E-state index is -4.89. The summed E-state index contributed by atoms with van der Waals surface area (Å²) in [5, 5.41) is 28.5. The van der Waals surface area contributed by atoms with Crippen molar-refractivity contribution >= 4 is 7.82 Å². The van der Waals surface area contributed by atoms with Gasteiger partial charge in [-0.25, -0.2) is 4.57 Å². The van der Waals surface area contributed by atoms with Gasteiger partial charge in [-0.2, -0.15) is 0 Å². The van der Waals surface area contributed by atoms with Crippen molar-refractivity contribution < 1.29 is 34.2 Å². The van der Waals surface area contributed by atoms with E-state index in [0.717, 1.165) is 19.3 Å². The van der Waals surface area contributed by atoms with Crippen LogP contribution in [0.3, 0.4) is 0 Å². The van der Waals surface area contributed by atoms with Crippen LogP contribution in [0, 0.1) is 0 Å². The van der Waals surface area contributed by atoms with Gasteiger partial charge < -0.3 is 25.1 Å². The average Bonchev–Trinajstić information content (AvgIpc) is 2.46. The summed E-state index contributed by atoms with van der Waals surface area (Å²) in [6.45, 7) is 2.20. The van der Waals surface area contributed by atoms with Gasteiger partial charge in [-0.1, -0.05) is 71.1 Å². The summed E-state index contributed by atoms with van der Waals surface area (Å²) in [5.74, 6) is 0. The van der Waals surface area contributed by atoms with Gasteiger partial charge in [0.2, 0.25) is 0 Å². The Kier molecular flexibility index (Phi) is 13.3. The van der Waals surface area contributed by atoms with Crippen molar-refractivity contribution in [3.63, 3.8) is 0 Å². The topological polar surface area (TPSA) is 127 Å². The van der Waals surface area contributed by atoms with Gasteiger partial charge >= 0.3 is 7.82 Å². The number of rotatable bonds is 15. The van der Waals surface area contributed by atoms with Crippen LogP contribution in [0.25, 0.3) is 0 Å². The quantitative estimate of drug-likeness (QED) is 0.173. The molecule has 140 valence electrons. The second-order valence-corrected chi connectivity index (χ2v) is 7.21. The van der Waals surface area contributed by atoms with E-state index in [1.165, 1.54) is 38.5 Å². The SMILES string of the molecule is CCCCCCCCCCCC[C@@H](O)[C@@H](O)C(O)OP(=O)(O)O. The summed E-state index contributed by atoms with van der Waals surface area (Å²) in [5.41, 5.74) is 0. The molecule has 3 atom stereocenters. The zero-order chi connectivity index (χ0) is 17.7. The standard InChI is InChI=1S/C15H33O7P/c1-2-3-4-5-6-7-8-9-10-11-12-13(16)14(17)15(18)22-23(19,20)21/h13-18H,2-12H2,1H3,(H2,19,20,21)/t13-,14-,15?/m1/s1. The maximum atomic E-state index is 10.5. The molecule has 0 aliphatic carbocycles. The first-order valence-electron chi connectivity index (χ1n) is 8.56. The molecule has 0 fully saturated rings. The lowest BCUT2D eigenvalue weighted by molar-refractivity contribution is -0.151. The second kappa shape index (κ2) is 13.3. The third-order valence-electron chi connectivity index (χ3n) is 3.79. The van der Waals surface area contributed by atoms with Gasteiger partial charge in [-0.05, 0) is 6.42 Å². The van der Waals surface area contributed by atoms with Crippen LogP contribution in [0.4, 0.5) is 0 Å². The van der Waals surface area contributed by atoms with Crippen LogP contribution in [0.2, 0.25) is 0 Å². The fourth-order valence-electron chi connectivity index (χ4n) is 2.40. The number of phosphoric ester groups is 1. The molecule has 0 radical (unpaired) electrons. The largest absolute Gasteiger partial charge is 0.472 e. The van der Waals surface area contributed by atoms with Crippen molar-refractivity contribution in [2.75, 3.05) is 0 Å². The van der Waals surface area contributed by atoms with Crippen LogP contribution in [-0.4, -0.2) is 43.6 Å². The van der Waals surface area contributed by atoms with E-state index in [0.29, 0.717) is 6.42 Å². The van der Waals surface area contributed by atoms with E-state index in [4.69, 9.17) is 9.79 Å². The summed E-state index contributed by atoms with van der Waals surface area (Å²) in [7, 11) is -4.89. The van der Waals surface area contributed by atoms with Crippen molar-refractivity contribution in [2.24, 2.45) is 0 Å². The fourth-order valence-corrected chi connectivity index (χ4v) is 2.81. The predicted octanol–water partition coefficient (Wildman–Crippen LogP) is 2.45. The number of unbranched alkanes of at least 4 members (excludes halogenated alkanes) is 9. The maximum Gasteiger partial charge on any atom is 0.472 e. The lowest BCUT2D eigenvalue weighted by Gasteiger charge is -2.22. The Morgan fingerprint density at radius 1 is 0.826 bits per heavy atom. The van der Waals surface area contributed by atoms with Gasteiger partial charge in [0.25, 0.3) is 0 Å². The van der Waals surface area contributed by atoms with Crippen LogP contribution in [0.15, 0.2) is 0 Å². The van der Waals surface area contributed by atoms with Crippen LogP contribution in [-0.2, 0) is 9.09 Å². The molecule has 23 heavy (non-hydrogen) atoms. The Balaban J connectivity index is 3.59. The normalized spacial score (nSPS) is 16.3. The third-order valence-corrected chi connectivity index (χ3v) is 4.28. The number of hydrogen-bond acceptors (Lipinski definition) is 5. The lowest BCUT2D eigenvalue weighted by Crippen LogP contribution is -2.38. The minimum absolute atomic E-state index is 0.249. The van der Waals surface area contributed by atoms with Crippen molar-refractivity contribution in [2.45, 2.75) is 96.1 Å². The van der Waals surface area contributed by atoms with Gasteiger partial charge in [-0.15, -0.1) is 0 Å². The maximum absolute atomic E-state index is 10.5. The Bertz CT molecular complexity index is 321. The molecular weight excluding hydrogens is 323 g/mol. The molecule has 5 N–H and O–H groups in total. The Labute approximate surface area is 138 Å². The fraction of sp³-hybridized carbons (Fsp3) is 1.00. The molecule has 8 heteroatoms. The van der Waals surface area contributed by atoms with E-state index < -0.39 is 26.3 Å². The van der Waals surface area contributed by atoms with Crippen LogP contribution < -0.4 is 0 Å². The molecule has 0 aliphatic heterocycles. The highest BCUT2D eigenvalue weighted by atomic mass is 31.2. The van der Waals surface area contributed by atoms with Gasteiger partial charge in [0.1, 0.15) is 6.10 Å². The molecule has 0 aromatic rings. The van der Waals surface area contributed by atoms with E-state index in [-0.39, 0.29) is 6.42 Å². The second-order valence-electron chi connectivity index (χ2n) is 6.02. The molecule has 0 saturated heterocycles. The summed E-state index contributed by atoms with van der Waals surface area (Å²) < 4.78 is 14.5. The zero-order valence-corrected chi connectivity index (χ0v) is 14.9. The van der Waals surface area contributed by atoms with E-state index in [9.17, 15) is 19.9 Å². The Morgan fingerprint density at radius 2 is 1.26 bits per heavy atom. The molecule has 0 heterocycles. The molecule has 0 rings (SSSR count). The number of phosphoric acid groups is 1. The first kappa shape index (κ1) is 23.0. The molecule has 1 unspecified atom stereocenters. The zero-order valence-electron chi connectivity index (χ0n) is 14.0. The molecule has 0 saturated carbocycles. The summed E-state index contributed by atoms with van der Waals surface area (Å²) in [6.07, 6.45) is 6.55. The third kappa shape index (κ3) is 14.1. The van der Waals surface area contributed by atoms with Crippen LogP contribution in [0.1, 0.15) is 77.6 Å². The summed E-state index contributed by atoms with van der Waals surface area (Å²) in [4.78, 5) is 17.0. The highest BCUT2D eigenvalue weighted by molar-refractivity contribution is 7.46. The smallest absolute Gasteiger partial charge is 0.390 e. The van der Waals surface area contributed by atoms with E-state index in [2.05, 4.69) is 11.4 Å². The van der Waals surface area contributed by atoms with Crippen LogP contribution >= 0.6 is 7.82 Å². The molecular formula is C15H33O7P. The highest BCUT2D eigenvalue weighted by Crippen LogP contribution is 2.38. The summed E-state index contributed by atoms with van der Waals surface area (Å²) in [6, 6.07) is 0. The predicted molar refractivity (Wildman–Crippen MR) is 87.6 cm³/mol. The van der Waals surface area contributed by atoms with Crippen molar-refractivity contribution in [1.29, 1.82) is 0 Å². The number of aliphatic hydroxyl groups is 3. The number of hydrogen-bond donors (Lipinski definition) is 5. The van der Waals surface area contributed by atoms with Crippen LogP contribution in [0.5, 0.6) is 0 Å². The highest BCUT2D eigenvalue weighted by Gasteiger charge is 2.30. The molecule has 0 aromatic heterocycles. The lowest BCUT2D eigenvalue weighted by atomic mass is 10.0. The Morgan fingerprint density at radius 3 is 1.70 bits per heavy atom. The molecule has 0 bridgehead atoms. The molecule has 0 aliphatic rings. The molecule has 0 spiro atoms. The number of aliphatic hydroxyl groups excluding tert-OH is 3. The van der Waals surface area contributed by atoms with Crippen molar-refractivity contribution in [3.05, 3.63) is 0 Å². The summed E-state index contributed by atoms with van der Waals surface area (Å²) >= 11 is 0. The first-order chi connectivity index (χ1) is 10.8. The van der Waals surface area contributed by atoms with Gasteiger partial charge in [0.15, 0.2) is 6.29 Å². The van der Waals surface area contributed by atoms with E-state index in [1.807, 2.05) is 0 Å². The molecule has 0 amide bonds. The van der Waals surface area contributed by atoms with Crippen molar-refractivity contribution in [3.8, 4) is 0 Å². The van der Waals surface area contributed by atoms with Gasteiger partial charge in [0, 0.05) is 0 Å². The van der Waals surface area contributed by atoms with E-state index in [1.54, 1.807) is 0 Å². The first-order valence-corrected chi connectivity index (χ1v) is 10.1. The molecule has 0 aromatic carbocycles. The van der Waals surface area contributed by atoms with E-state index >= 15 is 0 Å². The van der Waals surface area contributed by atoms with Gasteiger partial charge in [-0.3, -0.25) is 4.52 Å². The van der Waals surface area contributed by atoms with Gasteiger partial charge in [0.05, 0.1) is 6.10 Å². The monoisotopic (exact) mass is 356 g/mol. The minimum Gasteiger partial charge on any atom is -0.390 e. The average molecular weight is 356 g/mol. The van der Waals surface area contributed by atoms with Crippen molar-refractivity contribution in [1.82, 2.24) is 0 Å². The Hall–Kier alpha value is -0.0100.